The van der Waals surface area contributed by atoms with E-state index in [0.29, 0.717) is 11.3 Å². The van der Waals surface area contributed by atoms with E-state index in [0.717, 1.165) is 0 Å². The molecule has 0 saturated carbocycles. The van der Waals surface area contributed by atoms with Gasteiger partial charge in [0.25, 0.3) is 10.0 Å². The number of sulfonamides is 1. The fraction of sp³-hybridized carbons (Fsp3) is 0.0455. The minimum atomic E-state index is -4.13. The third-order valence-electron chi connectivity index (χ3n) is 4.76. The molecule has 0 aliphatic heterocycles. The molecule has 0 amide bonds. The molecule has 4 aromatic rings. The summed E-state index contributed by atoms with van der Waals surface area (Å²) >= 11 is 0. The molecule has 3 aromatic carbocycles. The Balaban J connectivity index is 1.70. The first-order chi connectivity index (χ1) is 16.3. The lowest BCUT2D eigenvalue weighted by Gasteiger charge is -2.11. The van der Waals surface area contributed by atoms with Crippen LogP contribution in [0.5, 0.6) is 5.88 Å². The van der Waals surface area contributed by atoms with Gasteiger partial charge in [-0.2, -0.15) is 4.68 Å². The van der Waals surface area contributed by atoms with Gasteiger partial charge in [0.05, 0.1) is 12.3 Å². The molecule has 0 spiro atoms. The summed E-state index contributed by atoms with van der Waals surface area (Å²) in [5.41, 5.74) is 13.1. The second-order valence-corrected chi connectivity index (χ2v) is 8.85. The van der Waals surface area contributed by atoms with Crippen molar-refractivity contribution in [3.63, 3.8) is 0 Å². The average molecular weight is 480 g/mol. The summed E-state index contributed by atoms with van der Waals surface area (Å²) < 4.78 is 29.8. The van der Waals surface area contributed by atoms with Gasteiger partial charge in [0.2, 0.25) is 5.88 Å². The van der Waals surface area contributed by atoms with Gasteiger partial charge >= 0.3 is 0 Å². The second kappa shape index (κ2) is 9.21. The molecule has 0 aliphatic carbocycles. The van der Waals surface area contributed by atoms with Gasteiger partial charge in [-0.05, 0) is 48.0 Å². The summed E-state index contributed by atoms with van der Waals surface area (Å²) in [6.07, 6.45) is 0. The van der Waals surface area contributed by atoms with Crippen LogP contribution in [0.25, 0.3) is 5.69 Å². The van der Waals surface area contributed by atoms with E-state index in [4.69, 9.17) is 11.5 Å². The van der Waals surface area contributed by atoms with Crippen LogP contribution in [0.4, 0.5) is 28.6 Å². The predicted octanol–water partition coefficient (Wildman–Crippen LogP) is 3.45. The van der Waals surface area contributed by atoms with Gasteiger partial charge in [-0.25, -0.2) is 8.42 Å². The van der Waals surface area contributed by atoms with Crippen molar-refractivity contribution < 1.29 is 18.6 Å². The third kappa shape index (κ3) is 4.67. The maximum absolute atomic E-state index is 13.1. The van der Waals surface area contributed by atoms with Crippen molar-refractivity contribution in [2.24, 2.45) is 10.2 Å². The van der Waals surface area contributed by atoms with Crippen LogP contribution < -0.4 is 16.2 Å². The Kier molecular flexibility index (Phi) is 6.17. The van der Waals surface area contributed by atoms with Crippen molar-refractivity contribution in [3.8, 4) is 11.6 Å². The number of anilines is 3. The van der Waals surface area contributed by atoms with Gasteiger partial charge in [0.15, 0.2) is 11.5 Å². The Morgan fingerprint density at radius 1 is 0.971 bits per heavy atom. The third-order valence-corrected chi connectivity index (χ3v) is 6.17. The fourth-order valence-electron chi connectivity index (χ4n) is 3.14. The largest absolute Gasteiger partial charge is 0.492 e. The van der Waals surface area contributed by atoms with Crippen molar-refractivity contribution in [2.75, 3.05) is 16.2 Å². The average Bonchev–Trinajstić information content (AvgIpc) is 3.11. The zero-order valence-corrected chi connectivity index (χ0v) is 18.5. The van der Waals surface area contributed by atoms with Crippen LogP contribution >= 0.6 is 0 Å². The first-order valence-electron chi connectivity index (χ1n) is 9.95. The van der Waals surface area contributed by atoms with Crippen molar-refractivity contribution >= 4 is 38.6 Å². The summed E-state index contributed by atoms with van der Waals surface area (Å²) in [5.74, 6) is -0.449. The van der Waals surface area contributed by atoms with Crippen molar-refractivity contribution in [1.82, 2.24) is 9.78 Å². The van der Waals surface area contributed by atoms with Gasteiger partial charge in [0, 0.05) is 11.4 Å². The number of nitrogens with zero attached hydrogens (tertiary/aromatic N) is 4. The maximum atomic E-state index is 13.1. The topological polar surface area (TPSA) is 181 Å². The lowest BCUT2D eigenvalue weighted by molar-refractivity contribution is 0.282. The van der Waals surface area contributed by atoms with Crippen LogP contribution in [0, 0.1) is 0 Å². The highest BCUT2D eigenvalue weighted by Gasteiger charge is 2.21. The molecule has 7 N–H and O–H groups in total. The number of aromatic hydroxyl groups is 1. The van der Waals surface area contributed by atoms with Gasteiger partial charge in [-0.15, -0.1) is 15.3 Å². The number of benzene rings is 3. The smallest absolute Gasteiger partial charge is 0.264 e. The highest BCUT2D eigenvalue weighted by Crippen LogP contribution is 2.37. The molecule has 11 nitrogen and oxygen atoms in total. The predicted molar refractivity (Wildman–Crippen MR) is 128 cm³/mol. The zero-order chi connectivity index (χ0) is 24.3. The lowest BCUT2D eigenvalue weighted by Crippen LogP contribution is -2.13. The molecule has 0 bridgehead atoms. The molecule has 0 unspecified atom stereocenters. The second-order valence-electron chi connectivity index (χ2n) is 7.20. The number of aromatic nitrogens is 2. The highest BCUT2D eigenvalue weighted by atomic mass is 32.2. The Hall–Kier alpha value is -4.42. The van der Waals surface area contributed by atoms with Gasteiger partial charge in [0.1, 0.15) is 10.6 Å². The first-order valence-corrected chi connectivity index (χ1v) is 11.4. The Morgan fingerprint density at radius 3 is 2.47 bits per heavy atom. The summed E-state index contributed by atoms with van der Waals surface area (Å²) in [7, 11) is -4.13. The lowest BCUT2D eigenvalue weighted by atomic mass is 10.2. The minimum Gasteiger partial charge on any atom is -0.492 e. The maximum Gasteiger partial charge on any atom is 0.264 e. The number of nitrogens with one attached hydrogen (secondary N) is 1. The molecular formula is C22H21N7O4S. The molecule has 0 radical (unpaired) electrons. The van der Waals surface area contributed by atoms with Gasteiger partial charge in [-0.3, -0.25) is 4.72 Å². The number of hydrogen-bond acceptors (Lipinski definition) is 9. The van der Waals surface area contributed by atoms with Gasteiger partial charge < -0.3 is 21.7 Å². The van der Waals surface area contributed by atoms with E-state index in [1.54, 1.807) is 42.5 Å². The summed E-state index contributed by atoms with van der Waals surface area (Å²) in [6, 6.07) is 19.2. The summed E-state index contributed by atoms with van der Waals surface area (Å²) in [6.45, 7) is -0.241. The van der Waals surface area contributed by atoms with Crippen LogP contribution in [-0.4, -0.2) is 28.4 Å². The van der Waals surface area contributed by atoms with E-state index in [2.05, 4.69) is 20.0 Å². The highest BCUT2D eigenvalue weighted by molar-refractivity contribution is 7.92. The number of para-hydroxylation sites is 1. The van der Waals surface area contributed by atoms with Crippen LogP contribution in [-0.2, 0) is 16.6 Å². The van der Waals surface area contributed by atoms with Crippen LogP contribution in [0.15, 0.2) is 87.9 Å². The number of aliphatic hydroxyl groups is 1. The van der Waals surface area contributed by atoms with Crippen LogP contribution in [0.2, 0.25) is 0 Å². The molecule has 0 atom stereocenters. The monoisotopic (exact) mass is 479 g/mol. The number of azo groups is 1. The van der Waals surface area contributed by atoms with Crippen molar-refractivity contribution in [1.29, 1.82) is 0 Å². The Labute approximate surface area is 195 Å². The van der Waals surface area contributed by atoms with E-state index < -0.39 is 10.0 Å². The number of aliphatic hydroxyl groups excluding tert-OH is 1. The van der Waals surface area contributed by atoms with E-state index >= 15 is 0 Å². The van der Waals surface area contributed by atoms with Crippen LogP contribution in [0.1, 0.15) is 5.56 Å². The zero-order valence-electron chi connectivity index (χ0n) is 17.7. The number of hydrogen-bond donors (Lipinski definition) is 5. The van der Waals surface area contributed by atoms with Crippen LogP contribution in [0.3, 0.4) is 0 Å². The fourth-order valence-corrected chi connectivity index (χ4v) is 4.36. The molecule has 0 saturated heterocycles. The van der Waals surface area contributed by atoms with Crippen molar-refractivity contribution in [2.45, 2.75) is 11.5 Å². The van der Waals surface area contributed by atoms with E-state index in [-0.39, 0.29) is 45.9 Å². The molecule has 0 aliphatic rings. The molecule has 1 aromatic heterocycles. The molecule has 1 heterocycles. The Bertz CT molecular complexity index is 1470. The van der Waals surface area contributed by atoms with E-state index in [9.17, 15) is 18.6 Å². The summed E-state index contributed by atoms with van der Waals surface area (Å²) in [5, 5.41) is 31.9. The van der Waals surface area contributed by atoms with E-state index in [1.165, 1.54) is 28.9 Å². The number of rotatable bonds is 7. The quantitative estimate of drug-likeness (QED) is 0.199. The SMILES string of the molecule is Nc1ccc(/N=N/c2c(N)nn(-c3ccccc3)c2O)c(S(=O)(=O)Nc2cccc(CO)c2)c1. The van der Waals surface area contributed by atoms with E-state index in [1.807, 2.05) is 6.07 Å². The molecule has 0 fully saturated rings. The number of nitrogen functional groups attached to an aromatic ring is 2. The minimum absolute atomic E-state index is 0.0359. The summed E-state index contributed by atoms with van der Waals surface area (Å²) in [4.78, 5) is -0.237. The molecular weight excluding hydrogens is 458 g/mol. The molecule has 4 rings (SSSR count). The van der Waals surface area contributed by atoms with Gasteiger partial charge in [-0.1, -0.05) is 30.3 Å². The molecule has 174 valence electrons. The first kappa shape index (κ1) is 22.8. The number of nitrogens with two attached hydrogens (primary N) is 2. The van der Waals surface area contributed by atoms with Crippen molar-refractivity contribution in [3.05, 3.63) is 78.4 Å². The molecule has 34 heavy (non-hydrogen) atoms. The normalized spacial score (nSPS) is 11.7. The standard InChI is InChI=1S/C22H21N7O4S/c23-15-9-10-18(19(12-15)34(32,33)28-16-6-4-5-14(11-16)13-30)25-26-20-21(24)27-29(22(20)31)17-7-2-1-3-8-17/h1-12,28,30-31H,13,23H2,(H2,24,27)/b26-25+. The Morgan fingerprint density at radius 2 is 1.74 bits per heavy atom. The molecule has 12 heteroatoms.